The predicted molar refractivity (Wildman–Crippen MR) is 92.7 cm³/mol. The van der Waals surface area contributed by atoms with Crippen molar-refractivity contribution in [2.45, 2.75) is 6.36 Å². The summed E-state index contributed by atoms with van der Waals surface area (Å²) in [4.78, 5) is 12.6. The monoisotopic (exact) mass is 371 g/mol. The molecule has 4 rings (SSSR count). The second-order valence-electron chi connectivity index (χ2n) is 5.69. The lowest BCUT2D eigenvalue weighted by Gasteiger charge is -2.10. The molecule has 0 saturated heterocycles. The van der Waals surface area contributed by atoms with E-state index >= 15 is 0 Å². The summed E-state index contributed by atoms with van der Waals surface area (Å²) >= 11 is 0. The van der Waals surface area contributed by atoms with E-state index in [2.05, 4.69) is 19.7 Å². The fourth-order valence-electron chi connectivity index (χ4n) is 2.66. The van der Waals surface area contributed by atoms with Crippen LogP contribution in [0, 0.1) is 0 Å². The van der Waals surface area contributed by atoms with Gasteiger partial charge in [-0.25, -0.2) is 9.97 Å². The van der Waals surface area contributed by atoms with Crippen molar-refractivity contribution in [2.24, 2.45) is 0 Å². The van der Waals surface area contributed by atoms with Gasteiger partial charge in [0.05, 0.1) is 23.8 Å². The largest absolute Gasteiger partial charge is 0.573 e. The van der Waals surface area contributed by atoms with Crippen molar-refractivity contribution < 1.29 is 17.9 Å². The van der Waals surface area contributed by atoms with Gasteiger partial charge in [0.15, 0.2) is 5.65 Å². The Labute approximate surface area is 151 Å². The van der Waals surface area contributed by atoms with Crippen LogP contribution in [0.1, 0.15) is 0 Å². The number of fused-ring (bicyclic) bond motifs is 1. The van der Waals surface area contributed by atoms with Crippen molar-refractivity contribution >= 4 is 11.5 Å². The smallest absolute Gasteiger partial charge is 0.406 e. The molecule has 0 saturated carbocycles. The van der Waals surface area contributed by atoms with Gasteiger partial charge < -0.3 is 10.5 Å². The minimum Gasteiger partial charge on any atom is -0.406 e. The van der Waals surface area contributed by atoms with Crippen LogP contribution in [0.5, 0.6) is 5.75 Å². The SMILES string of the molecule is Nc1ccc(-c2cn3c(-c4cccc(OC(F)(F)F)c4)cnc3cn2)cn1. The molecule has 0 aliphatic heterocycles. The number of alkyl halides is 3. The number of benzene rings is 1. The Bertz CT molecular complexity index is 1110. The van der Waals surface area contributed by atoms with Crippen LogP contribution < -0.4 is 10.5 Å². The molecule has 0 spiro atoms. The first-order chi connectivity index (χ1) is 12.9. The van der Waals surface area contributed by atoms with Crippen molar-refractivity contribution in [1.82, 2.24) is 19.4 Å². The molecule has 0 unspecified atom stereocenters. The predicted octanol–water partition coefficient (Wildman–Crippen LogP) is 3.94. The highest BCUT2D eigenvalue weighted by Gasteiger charge is 2.31. The van der Waals surface area contributed by atoms with Gasteiger partial charge in [-0.2, -0.15) is 0 Å². The van der Waals surface area contributed by atoms with Crippen molar-refractivity contribution in [3.05, 3.63) is 61.2 Å². The Balaban J connectivity index is 1.77. The summed E-state index contributed by atoms with van der Waals surface area (Å²) in [5.74, 6) is 0.0941. The van der Waals surface area contributed by atoms with Gasteiger partial charge >= 0.3 is 6.36 Å². The van der Waals surface area contributed by atoms with Gasteiger partial charge in [-0.1, -0.05) is 12.1 Å². The van der Waals surface area contributed by atoms with Crippen LogP contribution in [-0.2, 0) is 0 Å². The van der Waals surface area contributed by atoms with Crippen LogP contribution in [0.25, 0.3) is 28.2 Å². The molecule has 0 aliphatic carbocycles. The van der Waals surface area contributed by atoms with E-state index in [1.165, 1.54) is 18.2 Å². The fraction of sp³-hybridized carbons (Fsp3) is 0.0556. The lowest BCUT2D eigenvalue weighted by molar-refractivity contribution is -0.274. The zero-order valence-electron chi connectivity index (χ0n) is 13.7. The van der Waals surface area contributed by atoms with Crippen molar-refractivity contribution in [2.75, 3.05) is 5.73 Å². The number of nitrogen functional groups attached to an aromatic ring is 1. The summed E-state index contributed by atoms with van der Waals surface area (Å²) in [5.41, 5.74) is 8.65. The van der Waals surface area contributed by atoms with Gasteiger partial charge in [0, 0.05) is 23.5 Å². The molecule has 2 N–H and O–H groups in total. The van der Waals surface area contributed by atoms with Crippen molar-refractivity contribution in [3.63, 3.8) is 0 Å². The quantitative estimate of drug-likeness (QED) is 0.590. The number of ether oxygens (including phenoxy) is 1. The maximum atomic E-state index is 12.5. The number of anilines is 1. The molecule has 9 heteroatoms. The lowest BCUT2D eigenvalue weighted by Crippen LogP contribution is -2.17. The first-order valence-electron chi connectivity index (χ1n) is 7.80. The van der Waals surface area contributed by atoms with E-state index in [1.54, 1.807) is 47.4 Å². The van der Waals surface area contributed by atoms with Crippen LogP contribution in [0.3, 0.4) is 0 Å². The van der Waals surface area contributed by atoms with E-state index in [-0.39, 0.29) is 5.75 Å². The molecular weight excluding hydrogens is 359 g/mol. The Hall–Kier alpha value is -3.62. The zero-order valence-corrected chi connectivity index (χ0v) is 13.7. The number of imidazole rings is 1. The third-order valence-electron chi connectivity index (χ3n) is 3.84. The number of halogens is 3. The minimum absolute atomic E-state index is 0.299. The Kier molecular flexibility index (Phi) is 3.91. The van der Waals surface area contributed by atoms with Gasteiger partial charge in [-0.3, -0.25) is 9.38 Å². The molecular formula is C18H12F3N5O. The molecule has 0 bridgehead atoms. The highest BCUT2D eigenvalue weighted by atomic mass is 19.4. The molecule has 0 aliphatic rings. The number of aromatic nitrogens is 4. The van der Waals surface area contributed by atoms with Gasteiger partial charge in [0.2, 0.25) is 0 Å². The number of nitrogens with two attached hydrogens (primary N) is 1. The van der Waals surface area contributed by atoms with E-state index in [4.69, 9.17) is 5.73 Å². The summed E-state index contributed by atoms with van der Waals surface area (Å²) < 4.78 is 43.2. The summed E-state index contributed by atoms with van der Waals surface area (Å²) in [6.45, 7) is 0. The standard InChI is InChI=1S/C18H12F3N5O/c19-18(20,21)27-13-3-1-2-11(6-13)15-8-25-17-9-23-14(10-26(15)17)12-4-5-16(22)24-7-12/h1-10H,(H2,22,24). The topological polar surface area (TPSA) is 78.3 Å². The average molecular weight is 371 g/mol. The van der Waals surface area contributed by atoms with Crippen LogP contribution in [0.15, 0.2) is 61.2 Å². The normalized spacial score (nSPS) is 11.7. The molecule has 4 aromatic rings. The highest BCUT2D eigenvalue weighted by Crippen LogP contribution is 2.29. The van der Waals surface area contributed by atoms with Crippen LogP contribution in [-0.4, -0.2) is 25.7 Å². The van der Waals surface area contributed by atoms with Crippen LogP contribution in [0.4, 0.5) is 19.0 Å². The summed E-state index contributed by atoms with van der Waals surface area (Å²) in [5, 5.41) is 0. The van der Waals surface area contributed by atoms with Crippen LogP contribution >= 0.6 is 0 Å². The first kappa shape index (κ1) is 16.8. The van der Waals surface area contributed by atoms with E-state index in [0.29, 0.717) is 28.4 Å². The number of rotatable bonds is 3. The molecule has 3 heterocycles. The first-order valence-corrected chi connectivity index (χ1v) is 7.80. The molecule has 6 nitrogen and oxygen atoms in total. The molecule has 0 amide bonds. The fourth-order valence-corrected chi connectivity index (χ4v) is 2.66. The molecule has 0 radical (unpaired) electrons. The number of nitrogens with zero attached hydrogens (tertiary/aromatic N) is 4. The Morgan fingerprint density at radius 3 is 2.52 bits per heavy atom. The maximum Gasteiger partial charge on any atom is 0.573 e. The average Bonchev–Trinajstić information content (AvgIpc) is 3.04. The van der Waals surface area contributed by atoms with Gasteiger partial charge in [-0.15, -0.1) is 13.2 Å². The van der Waals surface area contributed by atoms with Gasteiger partial charge in [-0.05, 0) is 24.3 Å². The molecule has 0 atom stereocenters. The van der Waals surface area contributed by atoms with Gasteiger partial charge in [0.25, 0.3) is 0 Å². The second kappa shape index (κ2) is 6.27. The van der Waals surface area contributed by atoms with E-state index in [1.807, 2.05) is 0 Å². The van der Waals surface area contributed by atoms with E-state index in [0.717, 1.165) is 5.56 Å². The van der Waals surface area contributed by atoms with E-state index < -0.39 is 6.36 Å². The molecule has 27 heavy (non-hydrogen) atoms. The minimum atomic E-state index is -4.75. The van der Waals surface area contributed by atoms with Crippen molar-refractivity contribution in [3.8, 4) is 28.3 Å². The third kappa shape index (κ3) is 3.52. The van der Waals surface area contributed by atoms with Crippen molar-refractivity contribution in [1.29, 1.82) is 0 Å². The molecule has 1 aromatic carbocycles. The second-order valence-corrected chi connectivity index (χ2v) is 5.69. The molecule has 3 aromatic heterocycles. The Morgan fingerprint density at radius 2 is 1.78 bits per heavy atom. The highest BCUT2D eigenvalue weighted by molar-refractivity contribution is 5.67. The summed E-state index contributed by atoms with van der Waals surface area (Å²) in [6.07, 6.45) is 1.72. The zero-order chi connectivity index (χ0) is 19.0. The van der Waals surface area contributed by atoms with Crippen LogP contribution in [0.2, 0.25) is 0 Å². The third-order valence-corrected chi connectivity index (χ3v) is 3.84. The number of pyridine rings is 1. The Morgan fingerprint density at radius 1 is 0.926 bits per heavy atom. The number of hydrogen-bond donors (Lipinski definition) is 1. The lowest BCUT2D eigenvalue weighted by atomic mass is 10.1. The van der Waals surface area contributed by atoms with E-state index in [9.17, 15) is 13.2 Å². The maximum absolute atomic E-state index is 12.5. The summed E-state index contributed by atoms with van der Waals surface area (Å²) in [6, 6.07) is 9.16. The number of hydrogen-bond acceptors (Lipinski definition) is 5. The molecule has 0 fully saturated rings. The molecule has 136 valence electrons. The summed E-state index contributed by atoms with van der Waals surface area (Å²) in [7, 11) is 0. The van der Waals surface area contributed by atoms with Gasteiger partial charge in [0.1, 0.15) is 11.6 Å².